The molecule has 31 heavy (non-hydrogen) atoms. The number of rotatable bonds is 7. The topological polar surface area (TPSA) is 51.5 Å². The first-order valence-electron chi connectivity index (χ1n) is 9.46. The van der Waals surface area contributed by atoms with Crippen LogP contribution in [0.25, 0.3) is 11.6 Å². The zero-order valence-corrected chi connectivity index (χ0v) is 20.6. The van der Waals surface area contributed by atoms with E-state index in [0.29, 0.717) is 29.4 Å². The maximum Gasteiger partial charge on any atom is 0.161 e. The fourth-order valence-corrected chi connectivity index (χ4v) is 4.39. The molecule has 0 N–H and O–H groups in total. The van der Waals surface area contributed by atoms with Gasteiger partial charge in [-0.1, -0.05) is 45.8 Å². The summed E-state index contributed by atoms with van der Waals surface area (Å²) < 4.78 is 18.5. The number of nitrogens with zero attached hydrogens (tertiary/aromatic N) is 1. The van der Waals surface area contributed by atoms with Crippen molar-refractivity contribution in [1.29, 1.82) is 5.26 Å². The van der Waals surface area contributed by atoms with Crippen molar-refractivity contribution in [2.45, 2.75) is 13.5 Å². The second-order valence-electron chi connectivity index (χ2n) is 6.82. The zero-order chi connectivity index (χ0) is 22.4. The fourth-order valence-electron chi connectivity index (χ4n) is 3.02. The van der Waals surface area contributed by atoms with E-state index in [1.54, 1.807) is 32.4 Å². The van der Waals surface area contributed by atoms with Crippen molar-refractivity contribution in [1.82, 2.24) is 0 Å². The van der Waals surface area contributed by atoms with Crippen molar-refractivity contribution >= 4 is 43.5 Å². The lowest BCUT2D eigenvalue weighted by molar-refractivity contribution is 0.303. The number of methoxy groups -OCH3 is 2. The van der Waals surface area contributed by atoms with E-state index in [2.05, 4.69) is 57.0 Å². The third-order valence-electron chi connectivity index (χ3n) is 4.66. The molecule has 0 aliphatic carbocycles. The fraction of sp³-hybridized carbons (Fsp3) is 0.160. The van der Waals surface area contributed by atoms with Gasteiger partial charge in [0.25, 0.3) is 0 Å². The first-order valence-corrected chi connectivity index (χ1v) is 11.1. The molecule has 3 aromatic carbocycles. The Balaban J connectivity index is 1.99. The maximum absolute atomic E-state index is 9.84. The van der Waals surface area contributed by atoms with E-state index in [9.17, 15) is 5.26 Å². The summed E-state index contributed by atoms with van der Waals surface area (Å²) in [6, 6.07) is 19.7. The van der Waals surface area contributed by atoms with Gasteiger partial charge in [-0.2, -0.15) is 5.26 Å². The Kier molecular flexibility index (Phi) is 7.78. The van der Waals surface area contributed by atoms with Crippen LogP contribution in [0.15, 0.2) is 63.5 Å². The Morgan fingerprint density at radius 1 is 0.968 bits per heavy atom. The molecule has 0 saturated heterocycles. The van der Waals surface area contributed by atoms with E-state index in [0.717, 1.165) is 25.6 Å². The van der Waals surface area contributed by atoms with Gasteiger partial charge < -0.3 is 14.2 Å². The quantitative estimate of drug-likeness (QED) is 0.234. The summed E-state index contributed by atoms with van der Waals surface area (Å²) in [4.78, 5) is 0. The van der Waals surface area contributed by atoms with Gasteiger partial charge in [-0.25, -0.2) is 0 Å². The number of hydrogen-bond acceptors (Lipinski definition) is 4. The molecule has 3 aromatic rings. The molecule has 0 heterocycles. The lowest BCUT2D eigenvalue weighted by atomic mass is 10.0. The number of nitriles is 1. The van der Waals surface area contributed by atoms with Crippen molar-refractivity contribution in [3.8, 4) is 23.3 Å². The lowest BCUT2D eigenvalue weighted by Gasteiger charge is -2.13. The molecule has 0 fully saturated rings. The summed E-state index contributed by atoms with van der Waals surface area (Å²) >= 11 is 7.12. The monoisotopic (exact) mass is 541 g/mol. The van der Waals surface area contributed by atoms with Crippen LogP contribution < -0.4 is 14.2 Å². The number of halogens is 2. The molecule has 4 nitrogen and oxygen atoms in total. The second-order valence-corrected chi connectivity index (χ2v) is 8.59. The van der Waals surface area contributed by atoms with Crippen LogP contribution in [-0.2, 0) is 6.61 Å². The highest BCUT2D eigenvalue weighted by atomic mass is 79.9. The molecule has 0 aromatic heterocycles. The molecule has 0 aliphatic heterocycles. The summed E-state index contributed by atoms with van der Waals surface area (Å²) in [7, 11) is 3.15. The molecule has 3 rings (SSSR count). The molecule has 0 aliphatic rings. The van der Waals surface area contributed by atoms with Gasteiger partial charge >= 0.3 is 0 Å². The molecular formula is C25H21Br2NO3. The average molecular weight is 543 g/mol. The van der Waals surface area contributed by atoms with Gasteiger partial charge in [-0.05, 0) is 70.4 Å². The first kappa shape index (κ1) is 22.9. The second kappa shape index (κ2) is 10.5. The van der Waals surface area contributed by atoms with Crippen LogP contribution >= 0.6 is 31.9 Å². The highest BCUT2D eigenvalue weighted by molar-refractivity contribution is 9.11. The minimum absolute atomic E-state index is 0.416. The Bertz CT molecular complexity index is 1150. The Morgan fingerprint density at radius 2 is 1.68 bits per heavy atom. The lowest BCUT2D eigenvalue weighted by Crippen LogP contribution is -1.98. The number of benzene rings is 3. The molecule has 0 amide bonds. The summed E-state index contributed by atoms with van der Waals surface area (Å²) in [6.07, 6.45) is 1.81. The van der Waals surface area contributed by atoms with Gasteiger partial charge in [-0.15, -0.1) is 0 Å². The largest absolute Gasteiger partial charge is 0.493 e. The van der Waals surface area contributed by atoms with E-state index in [1.807, 2.05) is 30.3 Å². The van der Waals surface area contributed by atoms with Crippen LogP contribution in [0.2, 0.25) is 0 Å². The highest BCUT2D eigenvalue weighted by Gasteiger charge is 2.13. The predicted octanol–water partition coefficient (Wildman–Crippen LogP) is 7.18. The van der Waals surface area contributed by atoms with E-state index < -0.39 is 0 Å². The normalized spacial score (nSPS) is 11.0. The molecule has 0 radical (unpaired) electrons. The van der Waals surface area contributed by atoms with Crippen molar-refractivity contribution in [3.05, 3.63) is 85.8 Å². The van der Waals surface area contributed by atoms with Crippen LogP contribution in [0, 0.1) is 18.3 Å². The standard InChI is InChI=1S/C25H21Br2NO3/c1-16-4-6-17(7-5-16)15-31-25-19(11-21(26)13-22(25)27)10-20(14-28)18-8-9-23(29-2)24(12-18)30-3/h4-13H,15H2,1-3H3/b20-10+. The van der Waals surface area contributed by atoms with Crippen LogP contribution in [0.5, 0.6) is 17.2 Å². The summed E-state index contributed by atoms with van der Waals surface area (Å²) in [5, 5.41) is 9.84. The third kappa shape index (κ3) is 5.69. The maximum atomic E-state index is 9.84. The minimum Gasteiger partial charge on any atom is -0.493 e. The van der Waals surface area contributed by atoms with Gasteiger partial charge in [0.1, 0.15) is 12.4 Å². The van der Waals surface area contributed by atoms with Crippen molar-refractivity contribution in [3.63, 3.8) is 0 Å². The highest BCUT2D eigenvalue weighted by Crippen LogP contribution is 2.37. The van der Waals surface area contributed by atoms with E-state index in [4.69, 9.17) is 14.2 Å². The van der Waals surface area contributed by atoms with E-state index >= 15 is 0 Å². The van der Waals surface area contributed by atoms with Crippen molar-refractivity contribution in [2.24, 2.45) is 0 Å². The Hall–Kier alpha value is -2.75. The third-order valence-corrected chi connectivity index (χ3v) is 5.70. The SMILES string of the molecule is COc1ccc(/C(C#N)=C/c2cc(Br)cc(Br)c2OCc2ccc(C)cc2)cc1OC. The van der Waals surface area contributed by atoms with Gasteiger partial charge in [0.05, 0.1) is 30.3 Å². The predicted molar refractivity (Wildman–Crippen MR) is 130 cm³/mol. The van der Waals surface area contributed by atoms with Crippen LogP contribution in [0.1, 0.15) is 22.3 Å². The summed E-state index contributed by atoms with van der Waals surface area (Å²) in [5.41, 5.74) is 4.24. The van der Waals surface area contributed by atoms with Gasteiger partial charge in [-0.3, -0.25) is 0 Å². The van der Waals surface area contributed by atoms with Crippen LogP contribution in [0.4, 0.5) is 0 Å². The van der Waals surface area contributed by atoms with Crippen LogP contribution in [0.3, 0.4) is 0 Å². The van der Waals surface area contributed by atoms with Crippen molar-refractivity contribution < 1.29 is 14.2 Å². The average Bonchev–Trinajstić information content (AvgIpc) is 2.77. The molecule has 0 spiro atoms. The van der Waals surface area contributed by atoms with Gasteiger partial charge in [0.15, 0.2) is 11.5 Å². The number of hydrogen-bond donors (Lipinski definition) is 0. The molecule has 0 saturated carbocycles. The number of allylic oxidation sites excluding steroid dienone is 1. The van der Waals surface area contributed by atoms with Crippen molar-refractivity contribution in [2.75, 3.05) is 14.2 Å². The molecule has 0 bridgehead atoms. The Labute approximate surface area is 199 Å². The molecule has 6 heteroatoms. The molecule has 0 unspecified atom stereocenters. The molecule has 0 atom stereocenters. The Morgan fingerprint density at radius 3 is 2.32 bits per heavy atom. The number of ether oxygens (including phenoxy) is 3. The number of aryl methyl sites for hydroxylation is 1. The minimum atomic E-state index is 0.416. The zero-order valence-electron chi connectivity index (χ0n) is 17.4. The van der Waals surface area contributed by atoms with E-state index in [-0.39, 0.29) is 0 Å². The van der Waals surface area contributed by atoms with Gasteiger partial charge in [0, 0.05) is 10.0 Å². The summed E-state index contributed by atoms with van der Waals surface area (Å²) in [6.45, 7) is 2.47. The van der Waals surface area contributed by atoms with Gasteiger partial charge in [0.2, 0.25) is 0 Å². The van der Waals surface area contributed by atoms with Crippen LogP contribution in [-0.4, -0.2) is 14.2 Å². The molecular weight excluding hydrogens is 522 g/mol. The van der Waals surface area contributed by atoms with E-state index in [1.165, 1.54) is 5.56 Å². The molecule has 158 valence electrons. The smallest absolute Gasteiger partial charge is 0.161 e. The first-order chi connectivity index (χ1) is 14.9. The summed E-state index contributed by atoms with van der Waals surface area (Å²) in [5.74, 6) is 1.83.